The van der Waals surface area contributed by atoms with Crippen LogP contribution in [0.5, 0.6) is 0 Å². The van der Waals surface area contributed by atoms with Crippen molar-refractivity contribution in [1.82, 2.24) is 19.5 Å². The molecule has 1 saturated heterocycles. The smallest absolute Gasteiger partial charge is 0.320 e. The third kappa shape index (κ3) is 3.45. The fraction of sp³-hybridized carbons (Fsp3) is 0.571. The van der Waals surface area contributed by atoms with Gasteiger partial charge in [0.05, 0.1) is 12.9 Å². The lowest BCUT2D eigenvalue weighted by Crippen LogP contribution is -2.35. The van der Waals surface area contributed by atoms with Gasteiger partial charge in [0.1, 0.15) is 36.2 Å². The third-order valence-electron chi connectivity index (χ3n) is 4.17. The Hall–Kier alpha value is -2.38. The van der Waals surface area contributed by atoms with Gasteiger partial charge in [0.2, 0.25) is 0 Å². The molecule has 3 rings (SSSR count). The Morgan fingerprint density at radius 1 is 1.35 bits per heavy atom. The second kappa shape index (κ2) is 7.47. The molecule has 26 heavy (non-hydrogen) atoms. The highest BCUT2D eigenvalue weighted by Gasteiger charge is 2.44. The topological polar surface area (TPSA) is 192 Å². The van der Waals surface area contributed by atoms with Gasteiger partial charge in [-0.2, -0.15) is 0 Å². The first-order chi connectivity index (χ1) is 12.4. The monoisotopic (exact) mass is 368 g/mol. The number of hydrogen-bond donors (Lipinski definition) is 5. The number of carboxylic acids is 1. The Labute approximate surface area is 147 Å². The quantitative estimate of drug-likeness (QED) is 0.334. The number of nitrogens with two attached hydrogens (primary N) is 2. The first-order valence-electron chi connectivity index (χ1n) is 7.91. The number of rotatable bonds is 7. The molecule has 0 spiro atoms. The van der Waals surface area contributed by atoms with E-state index in [4.69, 9.17) is 26.0 Å². The van der Waals surface area contributed by atoms with E-state index >= 15 is 0 Å². The zero-order valence-electron chi connectivity index (χ0n) is 13.7. The van der Waals surface area contributed by atoms with Gasteiger partial charge in [-0.15, -0.1) is 0 Å². The number of aliphatic carboxylic acids is 1. The van der Waals surface area contributed by atoms with Gasteiger partial charge >= 0.3 is 5.97 Å². The standard InChI is InChI=1S/C14H20N6O6/c15-6(14(23)24)1-2-25-3-7-9(21)10(22)13(26-7)20-5-19-8-11(16)17-4-18-12(8)20/h4-7,9-10,13,21-22H,1-3,15H2,(H,23,24)(H2,16,17,18)/t6-,7+,9+,10+,13+/m0/s1. The fourth-order valence-corrected chi connectivity index (χ4v) is 2.69. The summed E-state index contributed by atoms with van der Waals surface area (Å²) in [6, 6.07) is -1.02. The van der Waals surface area contributed by atoms with E-state index in [-0.39, 0.29) is 25.5 Å². The molecule has 1 aliphatic rings. The van der Waals surface area contributed by atoms with Crippen molar-refractivity contribution >= 4 is 23.0 Å². The molecule has 0 bridgehead atoms. The molecule has 0 aromatic carbocycles. The number of carboxylic acid groups (broad SMARTS) is 1. The van der Waals surface area contributed by atoms with E-state index in [1.807, 2.05) is 0 Å². The van der Waals surface area contributed by atoms with Gasteiger partial charge in [0, 0.05) is 6.61 Å². The van der Waals surface area contributed by atoms with Crippen molar-refractivity contribution in [2.45, 2.75) is 37.0 Å². The molecule has 1 aliphatic heterocycles. The third-order valence-corrected chi connectivity index (χ3v) is 4.17. The Bertz CT molecular complexity index is 784. The second-order valence-electron chi connectivity index (χ2n) is 5.94. The van der Waals surface area contributed by atoms with Gasteiger partial charge in [-0.25, -0.2) is 15.0 Å². The highest BCUT2D eigenvalue weighted by Crippen LogP contribution is 2.32. The minimum atomic E-state index is -1.24. The van der Waals surface area contributed by atoms with E-state index in [0.717, 1.165) is 0 Å². The van der Waals surface area contributed by atoms with Gasteiger partial charge in [0.15, 0.2) is 17.7 Å². The van der Waals surface area contributed by atoms with Gasteiger partial charge in [-0.3, -0.25) is 9.36 Å². The lowest BCUT2D eigenvalue weighted by atomic mass is 10.1. The fourth-order valence-electron chi connectivity index (χ4n) is 2.69. The number of hydrogen-bond acceptors (Lipinski definition) is 10. The van der Waals surface area contributed by atoms with Crippen LogP contribution in [0.3, 0.4) is 0 Å². The molecular weight excluding hydrogens is 348 g/mol. The summed E-state index contributed by atoms with van der Waals surface area (Å²) in [5.74, 6) is -0.925. The molecule has 2 aromatic rings. The number of fused-ring (bicyclic) bond motifs is 1. The van der Waals surface area contributed by atoms with Crippen LogP contribution in [-0.2, 0) is 14.3 Å². The first-order valence-corrected chi connectivity index (χ1v) is 7.91. The molecule has 5 atom stereocenters. The molecule has 3 heterocycles. The highest BCUT2D eigenvalue weighted by molar-refractivity contribution is 5.81. The van der Waals surface area contributed by atoms with Crippen LogP contribution in [0.4, 0.5) is 5.82 Å². The van der Waals surface area contributed by atoms with E-state index in [1.54, 1.807) is 0 Å². The largest absolute Gasteiger partial charge is 0.480 e. The highest BCUT2D eigenvalue weighted by atomic mass is 16.6. The summed E-state index contributed by atoms with van der Waals surface area (Å²) < 4.78 is 12.5. The molecular formula is C14H20N6O6. The number of carbonyl (C=O) groups is 1. The van der Waals surface area contributed by atoms with E-state index < -0.39 is 36.6 Å². The number of aliphatic hydroxyl groups is 2. The number of nitrogen functional groups attached to an aromatic ring is 1. The Morgan fingerprint density at radius 2 is 2.12 bits per heavy atom. The summed E-state index contributed by atoms with van der Waals surface area (Å²) in [6.07, 6.45) is -1.41. The van der Waals surface area contributed by atoms with E-state index in [9.17, 15) is 15.0 Å². The van der Waals surface area contributed by atoms with Crippen molar-refractivity contribution in [2.24, 2.45) is 5.73 Å². The number of aliphatic hydroxyl groups excluding tert-OH is 2. The van der Waals surface area contributed by atoms with Crippen molar-refractivity contribution < 1.29 is 29.6 Å². The van der Waals surface area contributed by atoms with Crippen molar-refractivity contribution in [1.29, 1.82) is 0 Å². The predicted molar refractivity (Wildman–Crippen MR) is 86.7 cm³/mol. The van der Waals surface area contributed by atoms with Crippen molar-refractivity contribution in [3.05, 3.63) is 12.7 Å². The normalized spacial score (nSPS) is 27.0. The predicted octanol–water partition coefficient (Wildman–Crippen LogP) is -2.15. The van der Waals surface area contributed by atoms with Crippen LogP contribution < -0.4 is 11.5 Å². The number of nitrogens with zero attached hydrogens (tertiary/aromatic N) is 4. The summed E-state index contributed by atoms with van der Waals surface area (Å²) in [7, 11) is 0. The van der Waals surface area contributed by atoms with E-state index in [0.29, 0.717) is 11.2 Å². The molecule has 1 fully saturated rings. The lowest BCUT2D eigenvalue weighted by Gasteiger charge is -2.16. The molecule has 12 heteroatoms. The molecule has 142 valence electrons. The Balaban J connectivity index is 1.64. The number of ether oxygens (including phenoxy) is 2. The Kier molecular flexibility index (Phi) is 5.29. The maximum atomic E-state index is 10.6. The minimum Gasteiger partial charge on any atom is -0.480 e. The van der Waals surface area contributed by atoms with Crippen molar-refractivity contribution in [3.63, 3.8) is 0 Å². The van der Waals surface area contributed by atoms with Gasteiger partial charge in [-0.1, -0.05) is 0 Å². The summed E-state index contributed by atoms with van der Waals surface area (Å²) >= 11 is 0. The van der Waals surface area contributed by atoms with Crippen LogP contribution in [0.15, 0.2) is 12.7 Å². The van der Waals surface area contributed by atoms with Crippen LogP contribution in [0.2, 0.25) is 0 Å². The van der Waals surface area contributed by atoms with Gasteiger partial charge in [-0.05, 0) is 6.42 Å². The maximum Gasteiger partial charge on any atom is 0.320 e. The number of anilines is 1. The Morgan fingerprint density at radius 3 is 2.85 bits per heavy atom. The van der Waals surface area contributed by atoms with Crippen LogP contribution in [0.1, 0.15) is 12.6 Å². The molecule has 0 unspecified atom stereocenters. The summed E-state index contributed by atoms with van der Waals surface area (Å²) in [5.41, 5.74) is 11.8. The maximum absolute atomic E-state index is 10.6. The number of imidazole rings is 1. The zero-order chi connectivity index (χ0) is 18.8. The number of aromatic nitrogens is 4. The average Bonchev–Trinajstić information content (AvgIpc) is 3.15. The van der Waals surface area contributed by atoms with Gasteiger partial charge < -0.3 is 36.3 Å². The SMILES string of the molecule is Nc1ncnc2c1ncn2[C@@H]1O[C@H](COCC[C@H](N)C(=O)O)[C@@H](O)[C@H]1O. The average molecular weight is 368 g/mol. The molecule has 0 saturated carbocycles. The van der Waals surface area contributed by atoms with Crippen molar-refractivity contribution in [3.8, 4) is 0 Å². The molecule has 7 N–H and O–H groups in total. The van der Waals surface area contributed by atoms with E-state index in [2.05, 4.69) is 15.0 Å². The van der Waals surface area contributed by atoms with Crippen molar-refractivity contribution in [2.75, 3.05) is 18.9 Å². The summed E-state index contributed by atoms with van der Waals surface area (Å²) in [5, 5.41) is 29.2. The molecule has 2 aromatic heterocycles. The van der Waals surface area contributed by atoms with Crippen LogP contribution >= 0.6 is 0 Å². The molecule has 12 nitrogen and oxygen atoms in total. The minimum absolute atomic E-state index is 0.0369. The zero-order valence-corrected chi connectivity index (χ0v) is 13.7. The molecule has 0 amide bonds. The van der Waals surface area contributed by atoms with Crippen LogP contribution in [0.25, 0.3) is 11.2 Å². The van der Waals surface area contributed by atoms with Crippen LogP contribution in [-0.4, -0.2) is 78.4 Å². The molecule has 0 radical (unpaired) electrons. The second-order valence-corrected chi connectivity index (χ2v) is 5.94. The summed E-state index contributed by atoms with van der Waals surface area (Å²) in [4.78, 5) is 22.7. The first kappa shape index (κ1) is 18.4. The molecule has 0 aliphatic carbocycles. The van der Waals surface area contributed by atoms with Crippen LogP contribution in [0, 0.1) is 0 Å². The van der Waals surface area contributed by atoms with Gasteiger partial charge in [0.25, 0.3) is 0 Å². The van der Waals surface area contributed by atoms with E-state index in [1.165, 1.54) is 17.2 Å². The summed E-state index contributed by atoms with van der Waals surface area (Å²) in [6.45, 7) is 0.0450. The lowest BCUT2D eigenvalue weighted by molar-refractivity contribution is -0.139.